The van der Waals surface area contributed by atoms with E-state index >= 15 is 0 Å². The smallest absolute Gasteiger partial charge is 0.160 e. The molecule has 32 heavy (non-hydrogen) atoms. The van der Waals surface area contributed by atoms with E-state index in [1.54, 1.807) is 0 Å². The summed E-state index contributed by atoms with van der Waals surface area (Å²) in [5.74, 6) is 0. The minimum absolute atomic E-state index is 0.693. The van der Waals surface area contributed by atoms with E-state index in [2.05, 4.69) is 36.4 Å². The lowest BCUT2D eigenvalue weighted by molar-refractivity contribution is 0.111. The summed E-state index contributed by atoms with van der Waals surface area (Å²) in [4.78, 5) is 24.8. The van der Waals surface area contributed by atoms with Gasteiger partial charge in [0.05, 0.1) is 19.2 Å². The van der Waals surface area contributed by atoms with Crippen LogP contribution in [0, 0.1) is 0 Å². The molecule has 0 aliphatic carbocycles. The molecule has 2 heterocycles. The number of thiophene rings is 2. The van der Waals surface area contributed by atoms with Crippen molar-refractivity contribution in [2.45, 2.75) is 0 Å². The van der Waals surface area contributed by atoms with Crippen molar-refractivity contribution in [1.82, 2.24) is 0 Å². The monoisotopic (exact) mass is 448 g/mol. The summed E-state index contributed by atoms with van der Waals surface area (Å²) >= 11 is 2.99. The van der Waals surface area contributed by atoms with E-state index in [1.165, 1.54) is 22.7 Å². The predicted molar refractivity (Wildman–Crippen MR) is 136 cm³/mol. The molecular weight excluding hydrogens is 432 g/mol. The fraction of sp³-hybridized carbons (Fsp3) is 0. The largest absolute Gasteiger partial charge is 0.297 e. The van der Waals surface area contributed by atoms with Crippen LogP contribution in [0.15, 0.2) is 84.9 Å². The minimum atomic E-state index is 0.693. The van der Waals surface area contributed by atoms with Crippen LogP contribution in [0.4, 0.5) is 0 Å². The fourth-order valence-electron chi connectivity index (χ4n) is 4.52. The number of benzene rings is 4. The van der Waals surface area contributed by atoms with E-state index in [9.17, 15) is 9.59 Å². The molecule has 0 aliphatic heterocycles. The summed E-state index contributed by atoms with van der Waals surface area (Å²) in [6.07, 6.45) is 1.83. The molecule has 2 aromatic heterocycles. The third-order valence-corrected chi connectivity index (χ3v) is 8.14. The highest BCUT2D eigenvalue weighted by Gasteiger charge is 2.20. The first-order chi connectivity index (χ1) is 15.8. The van der Waals surface area contributed by atoms with Gasteiger partial charge >= 0.3 is 0 Å². The number of hydrogen-bond donors (Lipinski definition) is 0. The van der Waals surface area contributed by atoms with Gasteiger partial charge < -0.3 is 0 Å². The molecule has 0 N–H and O–H groups in total. The van der Waals surface area contributed by atoms with Gasteiger partial charge in [-0.1, -0.05) is 72.8 Å². The second-order valence-electron chi connectivity index (χ2n) is 7.66. The quantitative estimate of drug-likeness (QED) is 0.255. The number of rotatable bonds is 4. The summed E-state index contributed by atoms with van der Waals surface area (Å²) < 4.78 is 2.13. The normalized spacial score (nSPS) is 11.4. The van der Waals surface area contributed by atoms with Crippen molar-refractivity contribution < 1.29 is 9.59 Å². The van der Waals surface area contributed by atoms with Gasteiger partial charge in [0.25, 0.3) is 0 Å². The molecule has 4 aromatic carbocycles. The lowest BCUT2D eigenvalue weighted by atomic mass is 9.89. The van der Waals surface area contributed by atoms with Crippen LogP contribution in [0.2, 0.25) is 0 Å². The molecule has 6 aromatic rings. The van der Waals surface area contributed by atoms with Gasteiger partial charge in [-0.05, 0) is 45.2 Å². The molecule has 6 rings (SSSR count). The summed E-state index contributed by atoms with van der Waals surface area (Å²) in [5.41, 5.74) is 4.51. The summed E-state index contributed by atoms with van der Waals surface area (Å²) in [6.45, 7) is 0. The van der Waals surface area contributed by atoms with E-state index in [0.717, 1.165) is 65.8 Å². The molecule has 0 saturated heterocycles. The molecule has 0 spiro atoms. The highest BCUT2D eigenvalue weighted by Crippen LogP contribution is 2.48. The maximum Gasteiger partial charge on any atom is 0.160 e. The second-order valence-corrected chi connectivity index (χ2v) is 9.83. The maximum atomic E-state index is 11.7. The first-order valence-electron chi connectivity index (χ1n) is 10.3. The standard InChI is InChI=1S/C28H16O2S2/c29-15-19-13-23-25-21(17-7-3-1-4-8-17)11-12-22(18-9-5-2-6-10-18)26(25)24-14-20(16-30)32-28(24)27(23)31-19/h1-16H. The molecule has 4 heteroatoms. The second kappa shape index (κ2) is 7.52. The molecule has 0 unspecified atom stereocenters. The summed E-state index contributed by atoms with van der Waals surface area (Å²) in [6, 6.07) is 29.0. The average molecular weight is 449 g/mol. The topological polar surface area (TPSA) is 34.1 Å². The Labute approximate surface area is 192 Å². The summed E-state index contributed by atoms with van der Waals surface area (Å²) in [7, 11) is 0. The van der Waals surface area contributed by atoms with Crippen LogP contribution in [0.3, 0.4) is 0 Å². The predicted octanol–water partition coefficient (Wildman–Crippen LogP) is 8.23. The van der Waals surface area contributed by atoms with Crippen LogP contribution < -0.4 is 0 Å². The van der Waals surface area contributed by atoms with Gasteiger partial charge in [-0.3, -0.25) is 9.59 Å². The Morgan fingerprint density at radius 3 is 1.31 bits per heavy atom. The van der Waals surface area contributed by atoms with E-state index in [-0.39, 0.29) is 0 Å². The van der Waals surface area contributed by atoms with Crippen LogP contribution in [-0.2, 0) is 0 Å². The van der Waals surface area contributed by atoms with Gasteiger partial charge in [0, 0.05) is 10.8 Å². The molecule has 0 radical (unpaired) electrons. The number of aldehydes is 2. The van der Waals surface area contributed by atoms with E-state index < -0.39 is 0 Å². The van der Waals surface area contributed by atoms with Crippen LogP contribution in [0.25, 0.3) is 53.2 Å². The third kappa shape index (κ3) is 2.84. The lowest BCUT2D eigenvalue weighted by Crippen LogP contribution is -1.88. The Morgan fingerprint density at radius 2 is 0.938 bits per heavy atom. The molecular formula is C28H16O2S2. The maximum absolute atomic E-state index is 11.7. The zero-order chi connectivity index (χ0) is 21.7. The average Bonchev–Trinajstić information content (AvgIpc) is 3.49. The molecule has 0 fully saturated rings. The van der Waals surface area contributed by atoms with Crippen molar-refractivity contribution in [3.05, 3.63) is 94.7 Å². The Bertz CT molecular complexity index is 1520. The Morgan fingerprint density at radius 1 is 0.531 bits per heavy atom. The van der Waals surface area contributed by atoms with Crippen molar-refractivity contribution in [3.63, 3.8) is 0 Å². The minimum Gasteiger partial charge on any atom is -0.297 e. The SMILES string of the molecule is O=Cc1cc2c(s1)c1sc(C=O)cc1c1c(-c3ccccc3)ccc(-c3ccccc3)c21. The highest BCUT2D eigenvalue weighted by atomic mass is 32.1. The van der Waals surface area contributed by atoms with Crippen molar-refractivity contribution in [3.8, 4) is 22.3 Å². The highest BCUT2D eigenvalue weighted by molar-refractivity contribution is 7.28. The van der Waals surface area contributed by atoms with Crippen molar-refractivity contribution in [2.24, 2.45) is 0 Å². The number of carbonyl (C=O) groups excluding carboxylic acids is 2. The molecule has 0 atom stereocenters. The van der Waals surface area contributed by atoms with Crippen LogP contribution in [-0.4, -0.2) is 12.6 Å². The number of hydrogen-bond acceptors (Lipinski definition) is 4. The van der Waals surface area contributed by atoms with Gasteiger partial charge in [0.15, 0.2) is 12.6 Å². The Kier molecular flexibility index (Phi) is 4.49. The first-order valence-corrected chi connectivity index (χ1v) is 11.9. The molecule has 0 amide bonds. The molecule has 0 bridgehead atoms. The fourth-order valence-corrected chi connectivity index (χ4v) is 6.64. The Balaban J connectivity index is 1.90. The zero-order valence-electron chi connectivity index (χ0n) is 16.9. The number of carbonyl (C=O) groups is 2. The van der Waals surface area contributed by atoms with Crippen LogP contribution in [0.1, 0.15) is 19.3 Å². The van der Waals surface area contributed by atoms with Crippen LogP contribution >= 0.6 is 22.7 Å². The van der Waals surface area contributed by atoms with Gasteiger partial charge in [-0.15, -0.1) is 22.7 Å². The van der Waals surface area contributed by atoms with Gasteiger partial charge in [0.2, 0.25) is 0 Å². The van der Waals surface area contributed by atoms with Crippen molar-refractivity contribution in [1.29, 1.82) is 0 Å². The van der Waals surface area contributed by atoms with Gasteiger partial charge in [0.1, 0.15) is 0 Å². The van der Waals surface area contributed by atoms with E-state index in [0.29, 0.717) is 9.75 Å². The molecule has 0 aliphatic rings. The Hall–Kier alpha value is -3.60. The van der Waals surface area contributed by atoms with Gasteiger partial charge in [-0.2, -0.15) is 0 Å². The van der Waals surface area contributed by atoms with Crippen LogP contribution in [0.5, 0.6) is 0 Å². The third-order valence-electron chi connectivity index (χ3n) is 5.85. The van der Waals surface area contributed by atoms with E-state index in [4.69, 9.17) is 0 Å². The zero-order valence-corrected chi connectivity index (χ0v) is 18.5. The molecule has 0 saturated carbocycles. The first kappa shape index (κ1) is 19.1. The van der Waals surface area contributed by atoms with Crippen molar-refractivity contribution in [2.75, 3.05) is 0 Å². The summed E-state index contributed by atoms with van der Waals surface area (Å²) in [5, 5.41) is 4.38. The van der Waals surface area contributed by atoms with Crippen molar-refractivity contribution >= 4 is 66.2 Å². The molecule has 152 valence electrons. The molecule has 2 nitrogen and oxygen atoms in total. The van der Waals surface area contributed by atoms with Gasteiger partial charge in [-0.25, -0.2) is 0 Å². The number of fused-ring (bicyclic) bond motifs is 6. The van der Waals surface area contributed by atoms with E-state index in [1.807, 2.05) is 48.5 Å². The lowest BCUT2D eigenvalue weighted by Gasteiger charge is -2.15.